The van der Waals surface area contributed by atoms with E-state index in [0.717, 1.165) is 12.8 Å². The first-order chi connectivity index (χ1) is 7.59. The van der Waals surface area contributed by atoms with Gasteiger partial charge in [0.2, 0.25) is 5.91 Å². The number of hydrogen-bond acceptors (Lipinski definition) is 3. The number of aliphatic hydroxyl groups is 1. The van der Waals surface area contributed by atoms with E-state index in [0.29, 0.717) is 25.8 Å². The smallest absolute Gasteiger partial charge is 0.326 e. The minimum atomic E-state index is -0.909. The molecule has 0 radical (unpaired) electrons. The number of nitrogens with zero attached hydrogens (tertiary/aromatic N) is 1. The molecule has 2 fully saturated rings. The Morgan fingerprint density at radius 2 is 1.88 bits per heavy atom. The summed E-state index contributed by atoms with van der Waals surface area (Å²) in [7, 11) is 0. The lowest BCUT2D eigenvalue weighted by molar-refractivity contribution is -0.157. The largest absolute Gasteiger partial charge is 0.480 e. The molecule has 1 aliphatic heterocycles. The van der Waals surface area contributed by atoms with E-state index in [1.165, 1.54) is 4.90 Å². The maximum absolute atomic E-state index is 12.0. The monoisotopic (exact) mass is 227 g/mol. The summed E-state index contributed by atoms with van der Waals surface area (Å²) in [6.45, 7) is 0.544. The summed E-state index contributed by atoms with van der Waals surface area (Å²) in [5.41, 5.74) is 0. The number of piperidine rings is 1. The SMILES string of the molecule is O=C(O)[C@H]1CCCCN1C(=O)C1CC(O)C1. The number of aliphatic hydroxyl groups excluding tert-OH is 1. The van der Waals surface area contributed by atoms with Crippen LogP contribution in [-0.2, 0) is 9.59 Å². The fraction of sp³-hybridized carbons (Fsp3) is 0.818. The molecule has 1 aliphatic carbocycles. The molecular weight excluding hydrogens is 210 g/mol. The zero-order valence-corrected chi connectivity index (χ0v) is 9.13. The van der Waals surface area contributed by atoms with Crippen LogP contribution >= 0.6 is 0 Å². The second-order valence-corrected chi connectivity index (χ2v) is 4.70. The summed E-state index contributed by atoms with van der Waals surface area (Å²) in [6, 6.07) is -0.654. The zero-order valence-electron chi connectivity index (χ0n) is 9.13. The zero-order chi connectivity index (χ0) is 11.7. The van der Waals surface area contributed by atoms with Crippen LogP contribution in [0.3, 0.4) is 0 Å². The van der Waals surface area contributed by atoms with E-state index in [-0.39, 0.29) is 17.9 Å². The Hall–Kier alpha value is -1.10. The van der Waals surface area contributed by atoms with Gasteiger partial charge < -0.3 is 15.1 Å². The summed E-state index contributed by atoms with van der Waals surface area (Å²) < 4.78 is 0. The quantitative estimate of drug-likeness (QED) is 0.707. The van der Waals surface area contributed by atoms with Gasteiger partial charge in [0.05, 0.1) is 6.10 Å². The molecule has 2 aliphatic rings. The molecule has 0 unspecified atom stereocenters. The van der Waals surface area contributed by atoms with E-state index in [2.05, 4.69) is 0 Å². The van der Waals surface area contributed by atoms with Gasteiger partial charge >= 0.3 is 5.97 Å². The van der Waals surface area contributed by atoms with Gasteiger partial charge in [0, 0.05) is 12.5 Å². The minimum Gasteiger partial charge on any atom is -0.480 e. The Bertz CT molecular complexity index is 298. The van der Waals surface area contributed by atoms with Gasteiger partial charge in [-0.25, -0.2) is 4.79 Å². The van der Waals surface area contributed by atoms with Gasteiger partial charge in [-0.3, -0.25) is 4.79 Å². The van der Waals surface area contributed by atoms with E-state index in [1.54, 1.807) is 0 Å². The lowest BCUT2D eigenvalue weighted by atomic mass is 9.80. The number of carbonyl (C=O) groups is 2. The molecule has 16 heavy (non-hydrogen) atoms. The van der Waals surface area contributed by atoms with Crippen LogP contribution in [0, 0.1) is 5.92 Å². The van der Waals surface area contributed by atoms with Gasteiger partial charge in [-0.05, 0) is 32.1 Å². The van der Waals surface area contributed by atoms with Crippen molar-refractivity contribution in [3.8, 4) is 0 Å². The van der Waals surface area contributed by atoms with Crippen LogP contribution in [0.1, 0.15) is 32.1 Å². The third-order valence-corrected chi connectivity index (χ3v) is 3.53. The second-order valence-electron chi connectivity index (χ2n) is 4.70. The molecule has 2 N–H and O–H groups in total. The predicted octanol–water partition coefficient (Wildman–Crippen LogP) is 0.223. The average Bonchev–Trinajstić information content (AvgIpc) is 2.24. The van der Waals surface area contributed by atoms with E-state index >= 15 is 0 Å². The highest BCUT2D eigenvalue weighted by Crippen LogP contribution is 2.31. The van der Waals surface area contributed by atoms with Gasteiger partial charge in [0.25, 0.3) is 0 Å². The van der Waals surface area contributed by atoms with Crippen molar-refractivity contribution in [3.63, 3.8) is 0 Å². The molecule has 2 rings (SSSR count). The van der Waals surface area contributed by atoms with Crippen LogP contribution < -0.4 is 0 Å². The highest BCUT2D eigenvalue weighted by molar-refractivity contribution is 5.85. The van der Waals surface area contributed by atoms with Crippen molar-refractivity contribution in [1.29, 1.82) is 0 Å². The number of carboxylic acid groups (broad SMARTS) is 1. The number of amides is 1. The maximum atomic E-state index is 12.0. The van der Waals surface area contributed by atoms with Crippen molar-refractivity contribution in [2.24, 2.45) is 5.92 Å². The summed E-state index contributed by atoms with van der Waals surface area (Å²) >= 11 is 0. The van der Waals surface area contributed by atoms with Gasteiger partial charge in [0.1, 0.15) is 6.04 Å². The molecule has 1 saturated heterocycles. The number of aliphatic carboxylic acids is 1. The van der Waals surface area contributed by atoms with Crippen molar-refractivity contribution in [1.82, 2.24) is 4.90 Å². The molecule has 0 bridgehead atoms. The van der Waals surface area contributed by atoms with E-state index in [4.69, 9.17) is 10.2 Å². The normalized spacial score (nSPS) is 34.3. The van der Waals surface area contributed by atoms with Crippen molar-refractivity contribution in [3.05, 3.63) is 0 Å². The first kappa shape index (κ1) is 11.4. The number of rotatable bonds is 2. The first-order valence-electron chi connectivity index (χ1n) is 5.81. The standard InChI is InChI=1S/C11H17NO4/c13-8-5-7(6-8)10(14)12-4-2-1-3-9(12)11(15)16/h7-9,13H,1-6H2,(H,15,16)/t7?,8?,9-/m1/s1. The summed E-state index contributed by atoms with van der Waals surface area (Å²) in [5.74, 6) is -1.15. The highest BCUT2D eigenvalue weighted by Gasteiger charge is 2.40. The molecule has 0 spiro atoms. The molecule has 5 heteroatoms. The third-order valence-electron chi connectivity index (χ3n) is 3.53. The average molecular weight is 227 g/mol. The van der Waals surface area contributed by atoms with Gasteiger partial charge in [-0.2, -0.15) is 0 Å². The number of carbonyl (C=O) groups excluding carboxylic acids is 1. The Balaban J connectivity index is 2.00. The van der Waals surface area contributed by atoms with Crippen LogP contribution in [0.2, 0.25) is 0 Å². The highest BCUT2D eigenvalue weighted by atomic mass is 16.4. The van der Waals surface area contributed by atoms with Crippen LogP contribution in [-0.4, -0.2) is 45.7 Å². The minimum absolute atomic E-state index is 0.0857. The van der Waals surface area contributed by atoms with E-state index in [1.807, 2.05) is 0 Å². The molecule has 0 aromatic heterocycles. The van der Waals surface area contributed by atoms with Crippen LogP contribution in [0.15, 0.2) is 0 Å². The molecule has 1 atom stereocenters. The Morgan fingerprint density at radius 3 is 2.44 bits per heavy atom. The van der Waals surface area contributed by atoms with Crippen LogP contribution in [0.5, 0.6) is 0 Å². The van der Waals surface area contributed by atoms with Crippen molar-refractivity contribution in [2.75, 3.05) is 6.54 Å². The lowest BCUT2D eigenvalue weighted by Crippen LogP contribution is -2.52. The van der Waals surface area contributed by atoms with Crippen LogP contribution in [0.4, 0.5) is 0 Å². The van der Waals surface area contributed by atoms with Crippen LogP contribution in [0.25, 0.3) is 0 Å². The fourth-order valence-corrected chi connectivity index (χ4v) is 2.48. The third kappa shape index (κ3) is 2.04. The van der Waals surface area contributed by atoms with Gasteiger partial charge in [-0.15, -0.1) is 0 Å². The molecule has 1 amide bonds. The molecule has 1 saturated carbocycles. The van der Waals surface area contributed by atoms with Crippen molar-refractivity contribution >= 4 is 11.9 Å². The molecular formula is C11H17NO4. The Labute approximate surface area is 94.0 Å². The second kappa shape index (κ2) is 4.41. The Morgan fingerprint density at radius 1 is 1.19 bits per heavy atom. The number of hydrogen-bond donors (Lipinski definition) is 2. The topological polar surface area (TPSA) is 77.8 Å². The van der Waals surface area contributed by atoms with Crippen molar-refractivity contribution in [2.45, 2.75) is 44.2 Å². The molecule has 5 nitrogen and oxygen atoms in total. The van der Waals surface area contributed by atoms with E-state index in [9.17, 15) is 9.59 Å². The Kier molecular flexibility index (Phi) is 3.14. The fourth-order valence-electron chi connectivity index (χ4n) is 2.48. The number of likely N-dealkylation sites (tertiary alicyclic amines) is 1. The molecule has 0 aromatic rings. The van der Waals surface area contributed by atoms with Gasteiger partial charge in [-0.1, -0.05) is 0 Å². The summed E-state index contributed by atoms with van der Waals surface area (Å²) in [5, 5.41) is 18.2. The summed E-state index contributed by atoms with van der Waals surface area (Å²) in [4.78, 5) is 24.5. The molecule has 90 valence electrons. The van der Waals surface area contributed by atoms with Gasteiger partial charge in [0.15, 0.2) is 0 Å². The predicted molar refractivity (Wildman–Crippen MR) is 55.7 cm³/mol. The van der Waals surface area contributed by atoms with Crippen molar-refractivity contribution < 1.29 is 19.8 Å². The summed E-state index contributed by atoms with van der Waals surface area (Å²) in [6.07, 6.45) is 2.90. The van der Waals surface area contributed by atoms with E-state index < -0.39 is 12.0 Å². The molecule has 0 aromatic carbocycles. The maximum Gasteiger partial charge on any atom is 0.326 e. The lowest BCUT2D eigenvalue weighted by Gasteiger charge is -2.39. The first-order valence-corrected chi connectivity index (χ1v) is 5.81. The molecule has 1 heterocycles. The number of carboxylic acids is 1.